The van der Waals surface area contributed by atoms with Gasteiger partial charge in [-0.15, -0.1) is 11.6 Å². The van der Waals surface area contributed by atoms with Crippen LogP contribution in [-0.4, -0.2) is 17.7 Å². The van der Waals surface area contributed by atoms with Crippen LogP contribution in [0.1, 0.15) is 13.3 Å². The molecule has 0 saturated heterocycles. The summed E-state index contributed by atoms with van der Waals surface area (Å²) in [6.45, 7) is 1.66. The molecular formula is C5H8ClNO2. The Kier molecular flexibility index (Phi) is 4.05. The predicted molar refractivity (Wildman–Crippen MR) is 34.2 cm³/mol. The maximum absolute atomic E-state index is 10.4. The molecule has 0 spiro atoms. The highest BCUT2D eigenvalue weighted by molar-refractivity contribution is 6.28. The number of alkyl halides is 1. The summed E-state index contributed by atoms with van der Waals surface area (Å²) in [5, 5.41) is 2.07. The number of carbonyl (C=O) groups excluding carboxylic acids is 2. The van der Waals surface area contributed by atoms with E-state index in [0.29, 0.717) is 6.42 Å². The average Bonchev–Trinajstić information content (AvgIpc) is 1.87. The lowest BCUT2D eigenvalue weighted by atomic mass is 10.4. The molecule has 0 aromatic heterocycles. The third-order valence-corrected chi connectivity index (χ3v) is 0.964. The summed E-state index contributed by atoms with van der Waals surface area (Å²) in [7, 11) is 0. The summed E-state index contributed by atoms with van der Waals surface area (Å²) < 4.78 is 0. The molecule has 0 aliphatic carbocycles. The largest absolute Gasteiger partial charge is 0.295 e. The fourth-order valence-corrected chi connectivity index (χ4v) is 0.344. The number of amides is 2. The number of carbonyl (C=O) groups is 2. The van der Waals surface area contributed by atoms with E-state index in [2.05, 4.69) is 5.32 Å². The van der Waals surface area contributed by atoms with E-state index in [4.69, 9.17) is 11.6 Å². The molecule has 0 saturated carbocycles. The van der Waals surface area contributed by atoms with Crippen molar-refractivity contribution in [3.05, 3.63) is 0 Å². The van der Waals surface area contributed by atoms with Crippen LogP contribution in [0.2, 0.25) is 0 Å². The Hall–Kier alpha value is -0.570. The van der Waals surface area contributed by atoms with Gasteiger partial charge in [0.1, 0.15) is 5.88 Å². The van der Waals surface area contributed by atoms with Gasteiger partial charge in [-0.05, 0) is 0 Å². The number of nitrogens with one attached hydrogen (secondary N) is 1. The number of hydrogen-bond acceptors (Lipinski definition) is 2. The maximum Gasteiger partial charge on any atom is 0.241 e. The van der Waals surface area contributed by atoms with Crippen molar-refractivity contribution >= 4 is 23.4 Å². The molecule has 0 rings (SSSR count). The van der Waals surface area contributed by atoms with Gasteiger partial charge >= 0.3 is 0 Å². The first kappa shape index (κ1) is 8.43. The fraction of sp³-hybridized carbons (Fsp3) is 0.600. The topological polar surface area (TPSA) is 46.2 Å². The monoisotopic (exact) mass is 149 g/mol. The van der Waals surface area contributed by atoms with Gasteiger partial charge in [0.25, 0.3) is 0 Å². The molecule has 0 radical (unpaired) electrons. The second-order valence-electron chi connectivity index (χ2n) is 1.46. The lowest BCUT2D eigenvalue weighted by Crippen LogP contribution is -2.30. The Morgan fingerprint density at radius 2 is 2.00 bits per heavy atom. The van der Waals surface area contributed by atoms with E-state index in [1.165, 1.54) is 0 Å². The Bertz CT molecular complexity index is 110. The molecule has 0 aliphatic heterocycles. The van der Waals surface area contributed by atoms with Crippen LogP contribution in [0.15, 0.2) is 0 Å². The zero-order valence-corrected chi connectivity index (χ0v) is 5.86. The van der Waals surface area contributed by atoms with Crippen LogP contribution in [-0.2, 0) is 9.59 Å². The number of rotatable bonds is 2. The summed E-state index contributed by atoms with van der Waals surface area (Å²) >= 11 is 5.09. The highest BCUT2D eigenvalue weighted by atomic mass is 35.5. The summed E-state index contributed by atoms with van der Waals surface area (Å²) in [5.74, 6) is -0.893. The zero-order chi connectivity index (χ0) is 7.28. The van der Waals surface area contributed by atoms with E-state index < -0.39 is 5.91 Å². The van der Waals surface area contributed by atoms with Gasteiger partial charge in [-0.3, -0.25) is 14.9 Å². The van der Waals surface area contributed by atoms with Crippen LogP contribution in [0, 0.1) is 0 Å². The summed E-state index contributed by atoms with van der Waals surface area (Å²) in [6.07, 6.45) is 0.308. The molecule has 4 heteroatoms. The Morgan fingerprint density at radius 1 is 1.44 bits per heavy atom. The molecule has 0 aromatic rings. The lowest BCUT2D eigenvalue weighted by Gasteiger charge is -1.95. The average molecular weight is 150 g/mol. The first-order chi connectivity index (χ1) is 4.20. The minimum atomic E-state index is -0.441. The van der Waals surface area contributed by atoms with Crippen molar-refractivity contribution in [2.75, 3.05) is 5.88 Å². The van der Waals surface area contributed by atoms with Gasteiger partial charge in [0.05, 0.1) is 0 Å². The molecule has 0 bridgehead atoms. The van der Waals surface area contributed by atoms with E-state index in [1.807, 2.05) is 0 Å². The van der Waals surface area contributed by atoms with Gasteiger partial charge in [0.15, 0.2) is 0 Å². The lowest BCUT2D eigenvalue weighted by molar-refractivity contribution is -0.128. The molecule has 1 N–H and O–H groups in total. The van der Waals surface area contributed by atoms with Gasteiger partial charge in [-0.1, -0.05) is 6.92 Å². The van der Waals surface area contributed by atoms with Gasteiger partial charge < -0.3 is 0 Å². The third kappa shape index (κ3) is 3.97. The molecule has 9 heavy (non-hydrogen) atoms. The highest BCUT2D eigenvalue weighted by Gasteiger charge is 2.01. The smallest absolute Gasteiger partial charge is 0.241 e. The summed E-state index contributed by atoms with van der Waals surface area (Å²) in [6, 6.07) is 0. The van der Waals surface area contributed by atoms with E-state index in [0.717, 1.165) is 0 Å². The predicted octanol–water partition coefficient (Wildman–Crippen LogP) is 0.278. The van der Waals surface area contributed by atoms with Crippen molar-refractivity contribution < 1.29 is 9.59 Å². The number of hydrogen-bond donors (Lipinski definition) is 1. The van der Waals surface area contributed by atoms with Gasteiger partial charge in [0.2, 0.25) is 11.8 Å². The molecule has 3 nitrogen and oxygen atoms in total. The first-order valence-electron chi connectivity index (χ1n) is 2.59. The van der Waals surface area contributed by atoms with Crippen molar-refractivity contribution in [1.29, 1.82) is 0 Å². The quantitative estimate of drug-likeness (QED) is 0.574. The Morgan fingerprint density at radius 3 is 2.33 bits per heavy atom. The summed E-state index contributed by atoms with van der Waals surface area (Å²) in [4.78, 5) is 20.7. The molecule has 0 aliphatic rings. The van der Waals surface area contributed by atoms with Crippen LogP contribution in [0.5, 0.6) is 0 Å². The molecule has 0 atom stereocenters. The molecule has 0 fully saturated rings. The van der Waals surface area contributed by atoms with Crippen LogP contribution >= 0.6 is 11.6 Å². The van der Waals surface area contributed by atoms with Crippen molar-refractivity contribution in [2.24, 2.45) is 0 Å². The first-order valence-corrected chi connectivity index (χ1v) is 3.12. The van der Waals surface area contributed by atoms with Crippen LogP contribution in [0.25, 0.3) is 0 Å². The van der Waals surface area contributed by atoms with E-state index in [1.54, 1.807) is 6.92 Å². The minimum absolute atomic E-state index is 0.161. The second kappa shape index (κ2) is 4.32. The molecule has 0 aromatic carbocycles. The normalized spacial score (nSPS) is 8.67. The van der Waals surface area contributed by atoms with Gasteiger partial charge in [-0.25, -0.2) is 0 Å². The van der Waals surface area contributed by atoms with Crippen LogP contribution in [0.3, 0.4) is 0 Å². The number of imide groups is 1. The van der Waals surface area contributed by atoms with Crippen molar-refractivity contribution in [1.82, 2.24) is 5.32 Å². The van der Waals surface area contributed by atoms with Crippen LogP contribution < -0.4 is 5.32 Å². The molecule has 52 valence electrons. The fourth-order valence-electron chi connectivity index (χ4n) is 0.277. The Labute approximate surface area is 58.4 Å². The maximum atomic E-state index is 10.4. The van der Waals surface area contributed by atoms with E-state index >= 15 is 0 Å². The molecule has 0 heterocycles. The van der Waals surface area contributed by atoms with Crippen molar-refractivity contribution in [3.63, 3.8) is 0 Å². The molecule has 0 unspecified atom stereocenters. The minimum Gasteiger partial charge on any atom is -0.295 e. The molecule has 2 amide bonds. The van der Waals surface area contributed by atoms with Crippen molar-refractivity contribution in [3.8, 4) is 0 Å². The van der Waals surface area contributed by atoms with Crippen LogP contribution in [0.4, 0.5) is 0 Å². The second-order valence-corrected chi connectivity index (χ2v) is 1.73. The van der Waals surface area contributed by atoms with Gasteiger partial charge in [0, 0.05) is 6.42 Å². The summed E-state index contributed by atoms with van der Waals surface area (Å²) in [5.41, 5.74) is 0. The molecular weight excluding hydrogens is 142 g/mol. The third-order valence-electron chi connectivity index (χ3n) is 0.721. The Balaban J connectivity index is 3.47. The van der Waals surface area contributed by atoms with Gasteiger partial charge in [-0.2, -0.15) is 0 Å². The zero-order valence-electron chi connectivity index (χ0n) is 5.11. The number of halogens is 1. The highest BCUT2D eigenvalue weighted by Crippen LogP contribution is 1.77. The van der Waals surface area contributed by atoms with E-state index in [-0.39, 0.29) is 11.8 Å². The SMILES string of the molecule is CCC(=O)NC(=O)CCl. The van der Waals surface area contributed by atoms with Crippen molar-refractivity contribution in [2.45, 2.75) is 13.3 Å². The van der Waals surface area contributed by atoms with E-state index in [9.17, 15) is 9.59 Å². The standard InChI is InChI=1S/C5H8ClNO2/c1-2-4(8)7-5(9)3-6/h2-3H2,1H3,(H,7,8,9).